The summed E-state index contributed by atoms with van der Waals surface area (Å²) in [5, 5.41) is 3.04. The highest BCUT2D eigenvalue weighted by molar-refractivity contribution is 5.35. The van der Waals surface area contributed by atoms with Crippen molar-refractivity contribution >= 4 is 0 Å². The van der Waals surface area contributed by atoms with Gasteiger partial charge in [-0.05, 0) is 43.4 Å². The van der Waals surface area contributed by atoms with Gasteiger partial charge in [-0.15, -0.1) is 0 Å². The molecule has 1 heterocycles. The molecule has 1 fully saturated rings. The number of alkyl halides is 3. The predicted molar refractivity (Wildman–Crippen MR) is 65.4 cm³/mol. The Labute approximate surface area is 105 Å². The average Bonchev–Trinajstić information content (AvgIpc) is 2.32. The van der Waals surface area contributed by atoms with E-state index in [2.05, 4.69) is 5.32 Å². The summed E-state index contributed by atoms with van der Waals surface area (Å²) in [6.07, 6.45) is -3.30. The number of halogens is 3. The minimum Gasteiger partial charge on any atom is -0.309 e. The molecular formula is C14H18F3N. The molecular weight excluding hydrogens is 239 g/mol. The van der Waals surface area contributed by atoms with E-state index in [0.717, 1.165) is 5.56 Å². The third-order valence-corrected chi connectivity index (χ3v) is 3.90. The van der Waals surface area contributed by atoms with E-state index in [1.807, 2.05) is 32.0 Å². The maximum absolute atomic E-state index is 12.6. The number of piperidine rings is 1. The zero-order valence-corrected chi connectivity index (χ0v) is 10.6. The molecule has 18 heavy (non-hydrogen) atoms. The quantitative estimate of drug-likeness (QED) is 0.804. The smallest absolute Gasteiger partial charge is 0.309 e. The number of hydrogen-bond donors (Lipinski definition) is 1. The standard InChI is InChI=1S/C14H18F3N/c1-9-4-3-5-12(10(9)2)13-7-6-11(8-18-13)14(15,16)17/h3-5,11,13,18H,6-8H2,1-2H3. The SMILES string of the molecule is Cc1cccc(C2CCC(C(F)(F)F)CN2)c1C. The second-order valence-corrected chi connectivity index (χ2v) is 5.07. The van der Waals surface area contributed by atoms with Gasteiger partial charge in [0, 0.05) is 12.6 Å². The van der Waals surface area contributed by atoms with Crippen LogP contribution in [0.15, 0.2) is 18.2 Å². The van der Waals surface area contributed by atoms with Crippen molar-refractivity contribution in [1.29, 1.82) is 0 Å². The molecule has 4 heteroatoms. The number of hydrogen-bond acceptors (Lipinski definition) is 1. The minimum atomic E-state index is -4.07. The number of aryl methyl sites for hydroxylation is 1. The molecule has 0 amide bonds. The lowest BCUT2D eigenvalue weighted by atomic mass is 9.88. The highest BCUT2D eigenvalue weighted by Gasteiger charge is 2.41. The normalized spacial score (nSPS) is 25.2. The largest absolute Gasteiger partial charge is 0.393 e. The summed E-state index contributed by atoms with van der Waals surface area (Å²) in [7, 11) is 0. The third-order valence-electron chi connectivity index (χ3n) is 3.90. The molecule has 1 aromatic rings. The molecule has 100 valence electrons. The van der Waals surface area contributed by atoms with E-state index >= 15 is 0 Å². The Bertz CT molecular complexity index is 418. The average molecular weight is 257 g/mol. The van der Waals surface area contributed by atoms with Crippen LogP contribution in [0.4, 0.5) is 13.2 Å². The van der Waals surface area contributed by atoms with Crippen molar-refractivity contribution in [2.45, 2.75) is 38.9 Å². The van der Waals surface area contributed by atoms with Crippen molar-refractivity contribution in [2.75, 3.05) is 6.54 Å². The summed E-state index contributed by atoms with van der Waals surface area (Å²) in [6.45, 7) is 4.09. The molecule has 0 radical (unpaired) electrons. The molecule has 0 spiro atoms. The first kappa shape index (κ1) is 13.4. The van der Waals surface area contributed by atoms with E-state index in [9.17, 15) is 13.2 Å². The van der Waals surface area contributed by atoms with Gasteiger partial charge in [0.05, 0.1) is 5.92 Å². The van der Waals surface area contributed by atoms with E-state index < -0.39 is 12.1 Å². The van der Waals surface area contributed by atoms with E-state index in [4.69, 9.17) is 0 Å². The van der Waals surface area contributed by atoms with Crippen LogP contribution in [0.3, 0.4) is 0 Å². The van der Waals surface area contributed by atoms with Gasteiger partial charge in [0.1, 0.15) is 0 Å². The van der Waals surface area contributed by atoms with Crippen molar-refractivity contribution < 1.29 is 13.2 Å². The van der Waals surface area contributed by atoms with E-state index in [1.54, 1.807) is 0 Å². The van der Waals surface area contributed by atoms with Gasteiger partial charge in [0.15, 0.2) is 0 Å². The first-order chi connectivity index (χ1) is 8.39. The third kappa shape index (κ3) is 2.69. The second-order valence-electron chi connectivity index (χ2n) is 5.07. The summed E-state index contributed by atoms with van der Waals surface area (Å²) in [6, 6.07) is 6.06. The van der Waals surface area contributed by atoms with Gasteiger partial charge in [-0.3, -0.25) is 0 Å². The predicted octanol–water partition coefficient (Wildman–Crippen LogP) is 3.91. The fraction of sp³-hybridized carbons (Fsp3) is 0.571. The Hall–Kier alpha value is -1.03. The Morgan fingerprint density at radius 2 is 1.89 bits per heavy atom. The number of rotatable bonds is 1. The minimum absolute atomic E-state index is 0.0293. The molecule has 0 aliphatic carbocycles. The first-order valence-electron chi connectivity index (χ1n) is 6.26. The Morgan fingerprint density at radius 3 is 2.44 bits per heavy atom. The van der Waals surface area contributed by atoms with Crippen LogP contribution >= 0.6 is 0 Å². The van der Waals surface area contributed by atoms with Crippen LogP contribution in [0, 0.1) is 19.8 Å². The van der Waals surface area contributed by atoms with Crippen LogP contribution in [-0.4, -0.2) is 12.7 Å². The van der Waals surface area contributed by atoms with Gasteiger partial charge in [-0.2, -0.15) is 13.2 Å². The molecule has 1 aliphatic heterocycles. The van der Waals surface area contributed by atoms with Crippen molar-refractivity contribution in [2.24, 2.45) is 5.92 Å². The molecule has 1 N–H and O–H groups in total. The fourth-order valence-corrected chi connectivity index (χ4v) is 2.55. The van der Waals surface area contributed by atoms with Crippen molar-refractivity contribution in [1.82, 2.24) is 5.32 Å². The van der Waals surface area contributed by atoms with E-state index in [1.165, 1.54) is 11.1 Å². The fourth-order valence-electron chi connectivity index (χ4n) is 2.55. The topological polar surface area (TPSA) is 12.0 Å². The molecule has 2 unspecified atom stereocenters. The molecule has 0 saturated carbocycles. The summed E-state index contributed by atoms with van der Waals surface area (Å²) in [5.41, 5.74) is 3.50. The summed E-state index contributed by atoms with van der Waals surface area (Å²) < 4.78 is 37.7. The van der Waals surface area contributed by atoms with Crippen LogP contribution in [-0.2, 0) is 0 Å². The molecule has 0 bridgehead atoms. The van der Waals surface area contributed by atoms with Crippen molar-refractivity contribution in [3.63, 3.8) is 0 Å². The molecule has 1 saturated heterocycles. The molecule has 1 nitrogen and oxygen atoms in total. The molecule has 2 atom stereocenters. The van der Waals surface area contributed by atoms with Gasteiger partial charge in [0.25, 0.3) is 0 Å². The summed E-state index contributed by atoms with van der Waals surface area (Å²) in [5.74, 6) is -1.20. The first-order valence-corrected chi connectivity index (χ1v) is 6.26. The van der Waals surface area contributed by atoms with Crippen LogP contribution in [0.2, 0.25) is 0 Å². The van der Waals surface area contributed by atoms with E-state index in [0.29, 0.717) is 6.42 Å². The molecule has 1 aromatic carbocycles. The number of nitrogens with one attached hydrogen (secondary N) is 1. The Morgan fingerprint density at radius 1 is 1.17 bits per heavy atom. The lowest BCUT2D eigenvalue weighted by Crippen LogP contribution is -2.40. The lowest BCUT2D eigenvalue weighted by Gasteiger charge is -2.32. The van der Waals surface area contributed by atoms with Gasteiger partial charge in [-0.25, -0.2) is 0 Å². The van der Waals surface area contributed by atoms with Crippen LogP contribution in [0.25, 0.3) is 0 Å². The molecule has 1 aliphatic rings. The zero-order valence-electron chi connectivity index (χ0n) is 10.6. The van der Waals surface area contributed by atoms with E-state index in [-0.39, 0.29) is 19.0 Å². The highest BCUT2D eigenvalue weighted by atomic mass is 19.4. The maximum Gasteiger partial charge on any atom is 0.393 e. The Kier molecular flexibility index (Phi) is 3.66. The van der Waals surface area contributed by atoms with Gasteiger partial charge >= 0.3 is 6.18 Å². The van der Waals surface area contributed by atoms with Gasteiger partial charge in [-0.1, -0.05) is 18.2 Å². The van der Waals surface area contributed by atoms with Crippen LogP contribution in [0.1, 0.15) is 35.6 Å². The van der Waals surface area contributed by atoms with Gasteiger partial charge < -0.3 is 5.32 Å². The molecule has 2 rings (SSSR count). The van der Waals surface area contributed by atoms with Crippen LogP contribution in [0.5, 0.6) is 0 Å². The maximum atomic E-state index is 12.6. The van der Waals surface area contributed by atoms with Crippen LogP contribution < -0.4 is 5.32 Å². The lowest BCUT2D eigenvalue weighted by molar-refractivity contribution is -0.179. The van der Waals surface area contributed by atoms with Gasteiger partial charge in [0.2, 0.25) is 0 Å². The molecule has 0 aromatic heterocycles. The second kappa shape index (κ2) is 4.92. The van der Waals surface area contributed by atoms with Crippen molar-refractivity contribution in [3.8, 4) is 0 Å². The monoisotopic (exact) mass is 257 g/mol. The number of benzene rings is 1. The highest BCUT2D eigenvalue weighted by Crippen LogP contribution is 2.36. The summed E-state index contributed by atoms with van der Waals surface area (Å²) >= 11 is 0. The zero-order chi connectivity index (χ0) is 13.3. The van der Waals surface area contributed by atoms with Crippen molar-refractivity contribution in [3.05, 3.63) is 34.9 Å². The summed E-state index contributed by atoms with van der Waals surface area (Å²) in [4.78, 5) is 0. The Balaban J connectivity index is 2.08.